The summed E-state index contributed by atoms with van der Waals surface area (Å²) < 4.78 is 37.8. The summed E-state index contributed by atoms with van der Waals surface area (Å²) in [6, 6.07) is 2.26. The Bertz CT molecular complexity index is 355. The second kappa shape index (κ2) is 6.10. The van der Waals surface area contributed by atoms with Crippen molar-refractivity contribution in [1.82, 2.24) is 4.98 Å². The molecule has 1 heterocycles. The SMILES string of the molecule is CCCC(Cl)CNc1ncccc1C(F)(F)F. The quantitative estimate of drug-likeness (QED) is 0.817. The van der Waals surface area contributed by atoms with Gasteiger partial charge in [-0.25, -0.2) is 4.98 Å². The van der Waals surface area contributed by atoms with Gasteiger partial charge in [0.1, 0.15) is 5.82 Å². The molecule has 0 fully saturated rings. The molecule has 0 saturated carbocycles. The number of hydrogen-bond acceptors (Lipinski definition) is 2. The number of aromatic nitrogens is 1. The number of nitrogens with one attached hydrogen (secondary N) is 1. The maximum atomic E-state index is 12.6. The molecule has 2 nitrogen and oxygen atoms in total. The van der Waals surface area contributed by atoms with Gasteiger partial charge in [0.25, 0.3) is 0 Å². The minimum absolute atomic E-state index is 0.165. The van der Waals surface area contributed by atoms with Crippen molar-refractivity contribution in [2.45, 2.75) is 31.3 Å². The highest BCUT2D eigenvalue weighted by Gasteiger charge is 2.34. The Morgan fingerprint density at radius 2 is 2.18 bits per heavy atom. The molecule has 0 aromatic carbocycles. The van der Waals surface area contributed by atoms with Crippen LogP contribution in [0.3, 0.4) is 0 Å². The zero-order valence-electron chi connectivity index (χ0n) is 9.39. The summed E-state index contributed by atoms with van der Waals surface area (Å²) in [6.45, 7) is 2.24. The third-order valence-electron chi connectivity index (χ3n) is 2.21. The van der Waals surface area contributed by atoms with Crippen molar-refractivity contribution in [3.8, 4) is 0 Å². The molecule has 0 saturated heterocycles. The Balaban J connectivity index is 2.71. The minimum Gasteiger partial charge on any atom is -0.368 e. The van der Waals surface area contributed by atoms with Crippen molar-refractivity contribution in [3.63, 3.8) is 0 Å². The molecule has 1 aromatic rings. The van der Waals surface area contributed by atoms with E-state index in [1.165, 1.54) is 12.3 Å². The highest BCUT2D eigenvalue weighted by atomic mass is 35.5. The molecular weight excluding hydrogens is 253 g/mol. The number of pyridine rings is 1. The predicted octanol–water partition coefficient (Wildman–Crippen LogP) is 3.92. The van der Waals surface area contributed by atoms with Gasteiger partial charge in [-0.3, -0.25) is 0 Å². The number of rotatable bonds is 5. The lowest BCUT2D eigenvalue weighted by molar-refractivity contribution is -0.137. The summed E-state index contributed by atoms with van der Waals surface area (Å²) in [5.74, 6) is -0.165. The van der Waals surface area contributed by atoms with E-state index in [4.69, 9.17) is 11.6 Å². The van der Waals surface area contributed by atoms with Crippen LogP contribution in [0, 0.1) is 0 Å². The second-order valence-corrected chi connectivity index (χ2v) is 4.28. The van der Waals surface area contributed by atoms with Crippen molar-refractivity contribution in [2.24, 2.45) is 0 Å². The molecule has 1 rings (SSSR count). The average Bonchev–Trinajstić information content (AvgIpc) is 2.26. The van der Waals surface area contributed by atoms with Crippen LogP contribution in [0.5, 0.6) is 0 Å². The highest BCUT2D eigenvalue weighted by Crippen LogP contribution is 2.33. The molecule has 1 atom stereocenters. The van der Waals surface area contributed by atoms with Crippen LogP contribution >= 0.6 is 11.6 Å². The van der Waals surface area contributed by atoms with Crippen LogP contribution in [-0.2, 0) is 6.18 Å². The van der Waals surface area contributed by atoms with Gasteiger partial charge in [0, 0.05) is 12.7 Å². The molecule has 0 aliphatic heterocycles. The van der Waals surface area contributed by atoms with E-state index in [0.717, 1.165) is 18.9 Å². The minimum atomic E-state index is -4.40. The van der Waals surface area contributed by atoms with E-state index in [1.54, 1.807) is 0 Å². The second-order valence-electron chi connectivity index (χ2n) is 3.66. The van der Waals surface area contributed by atoms with E-state index in [-0.39, 0.29) is 17.7 Å². The Labute approximate surface area is 103 Å². The zero-order valence-corrected chi connectivity index (χ0v) is 10.1. The fourth-order valence-corrected chi connectivity index (χ4v) is 1.69. The molecule has 0 spiro atoms. The first-order chi connectivity index (χ1) is 7.95. The molecule has 0 aliphatic carbocycles. The monoisotopic (exact) mass is 266 g/mol. The van der Waals surface area contributed by atoms with E-state index in [9.17, 15) is 13.2 Å². The lowest BCUT2D eigenvalue weighted by Crippen LogP contribution is -2.18. The average molecular weight is 267 g/mol. The van der Waals surface area contributed by atoms with E-state index in [0.29, 0.717) is 0 Å². The molecular formula is C11H14ClF3N2. The number of hydrogen-bond donors (Lipinski definition) is 1. The Hall–Kier alpha value is -0.970. The molecule has 6 heteroatoms. The third-order valence-corrected chi connectivity index (χ3v) is 2.58. The van der Waals surface area contributed by atoms with Crippen LogP contribution in [0.15, 0.2) is 18.3 Å². The topological polar surface area (TPSA) is 24.9 Å². The van der Waals surface area contributed by atoms with Gasteiger partial charge in [-0.05, 0) is 18.6 Å². The van der Waals surface area contributed by atoms with Gasteiger partial charge >= 0.3 is 6.18 Å². The lowest BCUT2D eigenvalue weighted by atomic mass is 10.2. The third kappa shape index (κ3) is 4.42. The van der Waals surface area contributed by atoms with Gasteiger partial charge in [0.05, 0.1) is 10.9 Å². The summed E-state index contributed by atoms with van der Waals surface area (Å²) >= 11 is 5.93. The van der Waals surface area contributed by atoms with Gasteiger partial charge in [0.2, 0.25) is 0 Å². The van der Waals surface area contributed by atoms with E-state index >= 15 is 0 Å². The van der Waals surface area contributed by atoms with Crippen LogP contribution in [-0.4, -0.2) is 16.9 Å². The van der Waals surface area contributed by atoms with Crippen LogP contribution in [0.4, 0.5) is 19.0 Å². The molecule has 1 unspecified atom stereocenters. The lowest BCUT2D eigenvalue weighted by Gasteiger charge is -2.15. The fraction of sp³-hybridized carbons (Fsp3) is 0.545. The highest BCUT2D eigenvalue weighted by molar-refractivity contribution is 6.20. The Kier molecular flexibility index (Phi) is 5.05. The molecule has 17 heavy (non-hydrogen) atoms. The fourth-order valence-electron chi connectivity index (χ4n) is 1.40. The molecule has 0 aliphatic rings. The van der Waals surface area contributed by atoms with Crippen LogP contribution < -0.4 is 5.32 Å². The van der Waals surface area contributed by atoms with E-state index < -0.39 is 11.7 Å². The van der Waals surface area contributed by atoms with Crippen LogP contribution in [0.1, 0.15) is 25.3 Å². The van der Waals surface area contributed by atoms with Gasteiger partial charge < -0.3 is 5.32 Å². The predicted molar refractivity (Wildman–Crippen MR) is 62.3 cm³/mol. The van der Waals surface area contributed by atoms with Gasteiger partial charge in [-0.15, -0.1) is 11.6 Å². The molecule has 1 aromatic heterocycles. The van der Waals surface area contributed by atoms with Crippen LogP contribution in [0.25, 0.3) is 0 Å². The first-order valence-electron chi connectivity index (χ1n) is 5.35. The van der Waals surface area contributed by atoms with Crippen molar-refractivity contribution in [1.29, 1.82) is 0 Å². The van der Waals surface area contributed by atoms with Gasteiger partial charge in [-0.1, -0.05) is 13.3 Å². The number of halogens is 4. The smallest absolute Gasteiger partial charge is 0.368 e. The molecule has 0 bridgehead atoms. The summed E-state index contributed by atoms with van der Waals surface area (Å²) in [5.41, 5.74) is -0.764. The first-order valence-corrected chi connectivity index (χ1v) is 5.79. The Morgan fingerprint density at radius 3 is 2.76 bits per heavy atom. The maximum Gasteiger partial charge on any atom is 0.419 e. The van der Waals surface area contributed by atoms with E-state index in [1.807, 2.05) is 6.92 Å². The summed E-state index contributed by atoms with van der Waals surface area (Å²) in [5, 5.41) is 2.45. The van der Waals surface area contributed by atoms with E-state index in [2.05, 4.69) is 10.3 Å². The van der Waals surface area contributed by atoms with Crippen molar-refractivity contribution in [2.75, 3.05) is 11.9 Å². The van der Waals surface area contributed by atoms with Crippen LogP contribution in [0.2, 0.25) is 0 Å². The van der Waals surface area contributed by atoms with Crippen molar-refractivity contribution >= 4 is 17.4 Å². The largest absolute Gasteiger partial charge is 0.419 e. The standard InChI is InChI=1S/C11H14ClF3N2/c1-2-4-8(12)7-17-10-9(11(13,14)15)5-3-6-16-10/h3,5-6,8H,2,4,7H2,1H3,(H,16,17). The molecule has 0 radical (unpaired) electrons. The number of alkyl halides is 4. The molecule has 96 valence electrons. The Morgan fingerprint density at radius 1 is 1.47 bits per heavy atom. The normalized spacial score (nSPS) is 13.5. The summed E-state index contributed by atoms with van der Waals surface area (Å²) in [7, 11) is 0. The summed E-state index contributed by atoms with van der Waals surface area (Å²) in [4.78, 5) is 3.69. The van der Waals surface area contributed by atoms with Crippen molar-refractivity contribution in [3.05, 3.63) is 23.9 Å². The van der Waals surface area contributed by atoms with Crippen molar-refractivity contribution < 1.29 is 13.2 Å². The molecule has 0 amide bonds. The maximum absolute atomic E-state index is 12.6. The van der Waals surface area contributed by atoms with Gasteiger partial charge in [-0.2, -0.15) is 13.2 Å². The van der Waals surface area contributed by atoms with Gasteiger partial charge in [0.15, 0.2) is 0 Å². The summed E-state index contributed by atoms with van der Waals surface area (Å²) in [6.07, 6.45) is -1.43. The number of anilines is 1. The molecule has 1 N–H and O–H groups in total. The first kappa shape index (κ1) is 14.1. The zero-order chi connectivity index (χ0) is 12.9. The number of nitrogens with zero attached hydrogens (tertiary/aromatic N) is 1.